The van der Waals surface area contributed by atoms with Crippen molar-refractivity contribution in [2.75, 3.05) is 25.9 Å². The molecule has 0 aromatic heterocycles. The van der Waals surface area contributed by atoms with Crippen LogP contribution in [0.1, 0.15) is 26.3 Å². The van der Waals surface area contributed by atoms with Gasteiger partial charge in [0.2, 0.25) is 21.8 Å². The Balaban J connectivity index is 2.26. The van der Waals surface area contributed by atoms with Crippen LogP contribution in [0, 0.1) is 5.92 Å². The third-order valence-electron chi connectivity index (χ3n) is 4.49. The first kappa shape index (κ1) is 20.4. The van der Waals surface area contributed by atoms with Gasteiger partial charge >= 0.3 is 0 Å². The van der Waals surface area contributed by atoms with E-state index in [9.17, 15) is 18.0 Å². The summed E-state index contributed by atoms with van der Waals surface area (Å²) in [7, 11) is -3.58. The first-order valence-electron chi connectivity index (χ1n) is 8.62. The Labute approximate surface area is 155 Å². The van der Waals surface area contributed by atoms with Crippen LogP contribution in [0.15, 0.2) is 30.3 Å². The Morgan fingerprint density at radius 3 is 2.42 bits per heavy atom. The minimum Gasteiger partial charge on any atom is -0.350 e. The van der Waals surface area contributed by atoms with Crippen LogP contribution in [0.2, 0.25) is 0 Å². The van der Waals surface area contributed by atoms with Crippen LogP contribution in [0.5, 0.6) is 0 Å². The molecule has 1 aliphatic heterocycles. The minimum absolute atomic E-state index is 0.0507. The number of hydrogen-bond donors (Lipinski definition) is 1. The second kappa shape index (κ2) is 7.75. The van der Waals surface area contributed by atoms with Crippen molar-refractivity contribution in [3.8, 4) is 0 Å². The average molecular weight is 381 g/mol. The van der Waals surface area contributed by atoms with Crippen molar-refractivity contribution in [3.63, 3.8) is 0 Å². The Hall–Kier alpha value is -1.93. The zero-order chi connectivity index (χ0) is 19.5. The molecule has 0 saturated carbocycles. The maximum atomic E-state index is 13.0. The van der Waals surface area contributed by atoms with Crippen LogP contribution in [-0.4, -0.2) is 60.9 Å². The summed E-state index contributed by atoms with van der Waals surface area (Å²) in [6.07, 6.45) is 1.06. The third-order valence-corrected chi connectivity index (χ3v) is 5.69. The van der Waals surface area contributed by atoms with Gasteiger partial charge in [-0.15, -0.1) is 0 Å². The smallest absolute Gasteiger partial charge is 0.247 e. The molecule has 1 saturated heterocycles. The number of benzene rings is 1. The summed E-state index contributed by atoms with van der Waals surface area (Å²) in [5.41, 5.74) is -0.320. The van der Waals surface area contributed by atoms with Gasteiger partial charge in [-0.3, -0.25) is 9.59 Å². The zero-order valence-electron chi connectivity index (χ0n) is 15.7. The summed E-state index contributed by atoms with van der Waals surface area (Å²) in [6.45, 7) is 5.98. The number of hydrogen-bond acceptors (Lipinski definition) is 4. The lowest BCUT2D eigenvalue weighted by molar-refractivity contribution is -0.153. The Morgan fingerprint density at radius 2 is 1.88 bits per heavy atom. The number of carbonyl (C=O) groups excluding carboxylic acids is 2. The fourth-order valence-corrected chi connectivity index (χ4v) is 3.89. The van der Waals surface area contributed by atoms with Gasteiger partial charge < -0.3 is 10.2 Å². The van der Waals surface area contributed by atoms with Gasteiger partial charge in [0, 0.05) is 19.6 Å². The number of amides is 2. The van der Waals surface area contributed by atoms with E-state index in [-0.39, 0.29) is 30.8 Å². The maximum absolute atomic E-state index is 13.0. The average Bonchev–Trinajstić information content (AvgIpc) is 2.55. The highest BCUT2D eigenvalue weighted by atomic mass is 32.2. The van der Waals surface area contributed by atoms with Gasteiger partial charge in [0.1, 0.15) is 5.54 Å². The summed E-state index contributed by atoms with van der Waals surface area (Å²) in [5, 5.41) is 2.85. The lowest BCUT2D eigenvalue weighted by Gasteiger charge is -2.47. The highest BCUT2D eigenvalue weighted by Crippen LogP contribution is 2.26. The molecule has 144 valence electrons. The van der Waals surface area contributed by atoms with Crippen LogP contribution < -0.4 is 5.32 Å². The van der Waals surface area contributed by atoms with Gasteiger partial charge in [0.15, 0.2) is 0 Å². The molecule has 0 bridgehead atoms. The number of carbonyl (C=O) groups is 2. The largest absolute Gasteiger partial charge is 0.350 e. The number of nitrogens with zero attached hydrogens (tertiary/aromatic N) is 2. The fraction of sp³-hybridized carbons (Fsp3) is 0.556. The SMILES string of the molecule is CC(C)CN1C(=O)CN(S(C)(=O)=O)CC1(C)C(=O)NCc1ccccc1. The predicted molar refractivity (Wildman–Crippen MR) is 99.7 cm³/mol. The Morgan fingerprint density at radius 1 is 1.27 bits per heavy atom. The quantitative estimate of drug-likeness (QED) is 0.790. The molecule has 0 spiro atoms. The summed E-state index contributed by atoms with van der Waals surface area (Å²) < 4.78 is 25.0. The van der Waals surface area contributed by atoms with Crippen LogP contribution in [0.4, 0.5) is 0 Å². The molecule has 0 aliphatic carbocycles. The number of sulfonamides is 1. The number of nitrogens with one attached hydrogen (secondary N) is 1. The molecule has 1 atom stereocenters. The van der Waals surface area contributed by atoms with Gasteiger partial charge in [-0.05, 0) is 18.4 Å². The normalized spacial score (nSPS) is 21.9. The van der Waals surface area contributed by atoms with E-state index in [0.717, 1.165) is 16.1 Å². The Kier molecular flexibility index (Phi) is 6.08. The van der Waals surface area contributed by atoms with Crippen LogP contribution in [0.3, 0.4) is 0 Å². The molecule has 1 unspecified atom stereocenters. The Bertz CT molecular complexity index is 764. The summed E-state index contributed by atoms with van der Waals surface area (Å²) in [4.78, 5) is 27.1. The summed E-state index contributed by atoms with van der Waals surface area (Å²) in [5.74, 6) is -0.554. The van der Waals surface area contributed by atoms with Crippen LogP contribution >= 0.6 is 0 Å². The van der Waals surface area contributed by atoms with E-state index in [4.69, 9.17) is 0 Å². The van der Waals surface area contributed by atoms with Gasteiger partial charge in [-0.2, -0.15) is 4.31 Å². The zero-order valence-corrected chi connectivity index (χ0v) is 16.5. The lowest BCUT2D eigenvalue weighted by Crippen LogP contribution is -2.70. The highest BCUT2D eigenvalue weighted by molar-refractivity contribution is 7.88. The van der Waals surface area contributed by atoms with Crippen LogP contribution in [0.25, 0.3) is 0 Å². The molecule has 2 rings (SSSR count). The molecular formula is C18H27N3O4S. The van der Waals surface area contributed by atoms with E-state index in [2.05, 4.69) is 5.32 Å². The first-order valence-corrected chi connectivity index (χ1v) is 10.5. The molecule has 0 radical (unpaired) electrons. The van der Waals surface area contributed by atoms with Gasteiger partial charge in [-0.1, -0.05) is 44.2 Å². The van der Waals surface area contributed by atoms with Crippen molar-refractivity contribution in [1.82, 2.24) is 14.5 Å². The van der Waals surface area contributed by atoms with Crippen molar-refractivity contribution in [3.05, 3.63) is 35.9 Å². The fourth-order valence-electron chi connectivity index (χ4n) is 3.06. The summed E-state index contributed by atoms with van der Waals surface area (Å²) in [6, 6.07) is 9.43. The van der Waals surface area contributed by atoms with E-state index in [1.54, 1.807) is 6.92 Å². The second-order valence-corrected chi connectivity index (χ2v) is 9.35. The first-order chi connectivity index (χ1) is 12.0. The molecule has 1 N–H and O–H groups in total. The molecular weight excluding hydrogens is 354 g/mol. The monoisotopic (exact) mass is 381 g/mol. The molecule has 1 heterocycles. The van der Waals surface area contributed by atoms with Crippen molar-refractivity contribution in [2.45, 2.75) is 32.9 Å². The molecule has 1 aromatic rings. The number of piperazine rings is 1. The van der Waals surface area contributed by atoms with Gasteiger partial charge in [-0.25, -0.2) is 8.42 Å². The third kappa shape index (κ3) is 4.62. The van der Waals surface area contributed by atoms with E-state index >= 15 is 0 Å². The molecule has 2 amide bonds. The highest BCUT2D eigenvalue weighted by Gasteiger charge is 2.49. The van der Waals surface area contributed by atoms with Crippen LogP contribution in [-0.2, 0) is 26.2 Å². The maximum Gasteiger partial charge on any atom is 0.247 e. The second-order valence-electron chi connectivity index (χ2n) is 7.37. The summed E-state index contributed by atoms with van der Waals surface area (Å²) >= 11 is 0. The van der Waals surface area contributed by atoms with Crippen molar-refractivity contribution in [2.24, 2.45) is 5.92 Å². The van der Waals surface area contributed by atoms with E-state index in [1.807, 2.05) is 44.2 Å². The molecule has 1 fully saturated rings. The van der Waals surface area contributed by atoms with E-state index < -0.39 is 15.6 Å². The predicted octanol–water partition coefficient (Wildman–Crippen LogP) is 0.821. The van der Waals surface area contributed by atoms with Gasteiger partial charge in [0.25, 0.3) is 0 Å². The minimum atomic E-state index is -3.58. The lowest BCUT2D eigenvalue weighted by atomic mass is 9.94. The standard InChI is InChI=1S/C18H27N3O4S/c1-14(2)11-21-16(22)12-20(26(4,24)25)13-18(21,3)17(23)19-10-15-8-6-5-7-9-15/h5-9,14H,10-13H2,1-4H3,(H,19,23). The van der Waals surface area contributed by atoms with E-state index in [1.165, 1.54) is 4.90 Å². The van der Waals surface area contributed by atoms with Gasteiger partial charge in [0.05, 0.1) is 12.8 Å². The molecule has 8 heteroatoms. The topological polar surface area (TPSA) is 86.8 Å². The molecule has 1 aromatic carbocycles. The van der Waals surface area contributed by atoms with Crippen molar-refractivity contribution >= 4 is 21.8 Å². The van der Waals surface area contributed by atoms with Crippen molar-refractivity contribution < 1.29 is 18.0 Å². The molecule has 26 heavy (non-hydrogen) atoms. The number of rotatable bonds is 6. The molecule has 1 aliphatic rings. The van der Waals surface area contributed by atoms with Crippen molar-refractivity contribution in [1.29, 1.82) is 0 Å². The molecule has 7 nitrogen and oxygen atoms in total. The van der Waals surface area contributed by atoms with E-state index in [0.29, 0.717) is 13.1 Å².